The molecule has 0 aliphatic carbocycles. The second-order valence-corrected chi connectivity index (χ2v) is 6.15. The lowest BCUT2D eigenvalue weighted by Gasteiger charge is -2.38. The van der Waals surface area contributed by atoms with Crippen LogP contribution < -0.4 is 5.32 Å². The molecular formula is C18H27NO8. The lowest BCUT2D eigenvalue weighted by molar-refractivity contribution is -0.294. The molecule has 27 heavy (non-hydrogen) atoms. The van der Waals surface area contributed by atoms with Gasteiger partial charge >= 0.3 is 6.09 Å². The molecule has 1 amide bonds. The minimum absolute atomic E-state index is 0.121. The Bertz CT molecular complexity index is 558. The molecular weight excluding hydrogens is 358 g/mol. The first kappa shape index (κ1) is 21.5. The predicted octanol–water partition coefficient (Wildman–Crippen LogP) is -0.226. The van der Waals surface area contributed by atoms with Crippen LogP contribution in [-0.2, 0) is 25.6 Å². The Balaban J connectivity index is 1.49. The first-order chi connectivity index (χ1) is 13.0. The maximum absolute atomic E-state index is 11.5. The molecule has 0 saturated carbocycles. The molecule has 9 heteroatoms. The second kappa shape index (κ2) is 11.2. The first-order valence-corrected chi connectivity index (χ1v) is 8.82. The molecule has 0 bridgehead atoms. The number of rotatable bonds is 9. The number of aliphatic hydroxyl groups excluding tert-OH is 3. The van der Waals surface area contributed by atoms with Gasteiger partial charge in [-0.2, -0.15) is 0 Å². The molecule has 4 N–H and O–H groups in total. The van der Waals surface area contributed by atoms with Crippen LogP contribution in [0, 0.1) is 0 Å². The van der Waals surface area contributed by atoms with E-state index in [0.29, 0.717) is 0 Å². The van der Waals surface area contributed by atoms with Crippen LogP contribution in [0.25, 0.3) is 0 Å². The van der Waals surface area contributed by atoms with Crippen molar-refractivity contribution in [2.75, 3.05) is 26.4 Å². The van der Waals surface area contributed by atoms with Crippen LogP contribution >= 0.6 is 0 Å². The lowest BCUT2D eigenvalue weighted by atomic mass is 10.0. The van der Waals surface area contributed by atoms with E-state index in [0.717, 1.165) is 5.56 Å². The van der Waals surface area contributed by atoms with Crippen molar-refractivity contribution in [3.63, 3.8) is 0 Å². The Morgan fingerprint density at radius 1 is 1.07 bits per heavy atom. The minimum Gasteiger partial charge on any atom is -0.445 e. The molecule has 5 atom stereocenters. The highest BCUT2D eigenvalue weighted by molar-refractivity contribution is 5.67. The van der Waals surface area contributed by atoms with E-state index < -0.39 is 36.8 Å². The van der Waals surface area contributed by atoms with Crippen LogP contribution in [0.4, 0.5) is 4.79 Å². The molecule has 1 fully saturated rings. The topological polar surface area (TPSA) is 127 Å². The fourth-order valence-electron chi connectivity index (χ4n) is 2.48. The number of carbonyl (C=O) groups is 1. The lowest BCUT2D eigenvalue weighted by Crippen LogP contribution is -2.57. The maximum Gasteiger partial charge on any atom is 0.407 e. The van der Waals surface area contributed by atoms with Crippen molar-refractivity contribution in [3.8, 4) is 0 Å². The van der Waals surface area contributed by atoms with Crippen molar-refractivity contribution in [1.29, 1.82) is 0 Å². The van der Waals surface area contributed by atoms with Gasteiger partial charge in [-0.25, -0.2) is 4.79 Å². The van der Waals surface area contributed by atoms with Crippen molar-refractivity contribution >= 4 is 6.09 Å². The fourth-order valence-corrected chi connectivity index (χ4v) is 2.48. The largest absolute Gasteiger partial charge is 0.445 e. The summed E-state index contributed by atoms with van der Waals surface area (Å²) in [4.78, 5) is 11.5. The van der Waals surface area contributed by atoms with E-state index in [1.165, 1.54) is 0 Å². The van der Waals surface area contributed by atoms with Gasteiger partial charge in [0.15, 0.2) is 6.29 Å². The Hall–Kier alpha value is -1.75. The van der Waals surface area contributed by atoms with Gasteiger partial charge in [-0.05, 0) is 12.5 Å². The third kappa shape index (κ3) is 7.06. The fraction of sp³-hybridized carbons (Fsp3) is 0.611. The molecule has 1 aliphatic rings. The molecule has 1 aromatic rings. The van der Waals surface area contributed by atoms with Crippen molar-refractivity contribution in [1.82, 2.24) is 5.32 Å². The van der Waals surface area contributed by atoms with Gasteiger partial charge in [0, 0.05) is 6.54 Å². The third-order valence-electron chi connectivity index (χ3n) is 4.05. The summed E-state index contributed by atoms with van der Waals surface area (Å²) < 4.78 is 21.0. The van der Waals surface area contributed by atoms with E-state index in [9.17, 15) is 20.1 Å². The highest BCUT2D eigenvalue weighted by Crippen LogP contribution is 2.21. The summed E-state index contributed by atoms with van der Waals surface area (Å²) in [5, 5.41) is 31.6. The van der Waals surface area contributed by atoms with E-state index in [1.54, 1.807) is 6.92 Å². The van der Waals surface area contributed by atoms with Gasteiger partial charge in [0.25, 0.3) is 0 Å². The van der Waals surface area contributed by atoms with Crippen molar-refractivity contribution < 1.29 is 39.1 Å². The van der Waals surface area contributed by atoms with Gasteiger partial charge in [-0.3, -0.25) is 0 Å². The van der Waals surface area contributed by atoms with Gasteiger partial charge in [-0.15, -0.1) is 0 Å². The van der Waals surface area contributed by atoms with Gasteiger partial charge in [0.1, 0.15) is 24.9 Å². The Labute approximate surface area is 157 Å². The van der Waals surface area contributed by atoms with Crippen LogP contribution in [0.15, 0.2) is 30.3 Å². The Morgan fingerprint density at radius 2 is 1.81 bits per heavy atom. The van der Waals surface area contributed by atoms with Gasteiger partial charge in [-0.1, -0.05) is 30.3 Å². The highest BCUT2D eigenvalue weighted by Gasteiger charge is 2.42. The molecule has 1 aromatic carbocycles. The van der Waals surface area contributed by atoms with Gasteiger partial charge in [0.2, 0.25) is 0 Å². The van der Waals surface area contributed by atoms with E-state index in [4.69, 9.17) is 18.9 Å². The molecule has 0 spiro atoms. The summed E-state index contributed by atoms with van der Waals surface area (Å²) >= 11 is 0. The highest BCUT2D eigenvalue weighted by atomic mass is 16.7. The molecule has 0 unspecified atom stereocenters. The number of aliphatic hydroxyl groups is 3. The minimum atomic E-state index is -1.34. The zero-order chi connectivity index (χ0) is 19.6. The van der Waals surface area contributed by atoms with Crippen molar-refractivity contribution in [2.24, 2.45) is 0 Å². The van der Waals surface area contributed by atoms with E-state index in [1.807, 2.05) is 30.3 Å². The maximum atomic E-state index is 11.5. The molecule has 152 valence electrons. The standard InChI is InChI=1S/C18H27NO8/c1-12-14(20)15(21)16(22)17(27-12)25-10-9-24-8-7-19-18(23)26-11-13-5-3-2-4-6-13/h2-6,12,14-17,20-22H,7-11H2,1H3,(H,19,23)/t12-,14-,15+,16+,17+/m0/s1. The first-order valence-electron chi connectivity index (χ1n) is 8.82. The Morgan fingerprint density at radius 3 is 2.56 bits per heavy atom. The quantitative estimate of drug-likeness (QED) is 0.430. The second-order valence-electron chi connectivity index (χ2n) is 6.15. The summed E-state index contributed by atoms with van der Waals surface area (Å²) in [5.41, 5.74) is 0.903. The summed E-state index contributed by atoms with van der Waals surface area (Å²) in [6, 6.07) is 9.35. The number of hydrogen-bond acceptors (Lipinski definition) is 8. The normalized spacial score (nSPS) is 27.9. The summed E-state index contributed by atoms with van der Waals surface area (Å²) in [7, 11) is 0. The zero-order valence-electron chi connectivity index (χ0n) is 15.2. The molecule has 2 rings (SSSR count). The summed E-state index contributed by atoms with van der Waals surface area (Å²) in [6.07, 6.45) is -6.04. The van der Waals surface area contributed by atoms with Gasteiger partial charge < -0.3 is 39.6 Å². The number of carbonyl (C=O) groups excluding carboxylic acids is 1. The third-order valence-corrected chi connectivity index (χ3v) is 4.05. The van der Waals surface area contributed by atoms with E-state index >= 15 is 0 Å². The van der Waals surface area contributed by atoms with Crippen LogP contribution in [0.1, 0.15) is 12.5 Å². The molecule has 1 aliphatic heterocycles. The van der Waals surface area contributed by atoms with Crippen molar-refractivity contribution in [3.05, 3.63) is 35.9 Å². The van der Waals surface area contributed by atoms with Crippen LogP contribution in [0.5, 0.6) is 0 Å². The number of ether oxygens (including phenoxy) is 4. The number of alkyl carbamates (subject to hydrolysis) is 1. The molecule has 1 heterocycles. The number of nitrogens with one attached hydrogen (secondary N) is 1. The number of hydrogen-bond donors (Lipinski definition) is 4. The molecule has 9 nitrogen and oxygen atoms in total. The van der Waals surface area contributed by atoms with E-state index in [-0.39, 0.29) is 33.0 Å². The predicted molar refractivity (Wildman–Crippen MR) is 93.8 cm³/mol. The summed E-state index contributed by atoms with van der Waals surface area (Å²) in [5.74, 6) is 0. The SMILES string of the molecule is C[C@@H]1O[C@@H](OCCOCCNC(=O)OCc2ccccc2)[C@H](O)[C@H](O)[C@H]1O. The molecule has 0 aromatic heterocycles. The van der Waals surface area contributed by atoms with Gasteiger partial charge in [0.05, 0.1) is 25.9 Å². The number of benzene rings is 1. The molecule has 1 saturated heterocycles. The van der Waals surface area contributed by atoms with E-state index in [2.05, 4.69) is 5.32 Å². The smallest absolute Gasteiger partial charge is 0.407 e. The van der Waals surface area contributed by atoms with Crippen LogP contribution in [0.3, 0.4) is 0 Å². The average Bonchev–Trinajstić information content (AvgIpc) is 2.68. The van der Waals surface area contributed by atoms with Crippen LogP contribution in [0.2, 0.25) is 0 Å². The summed E-state index contributed by atoms with van der Waals surface area (Å²) in [6.45, 7) is 2.64. The van der Waals surface area contributed by atoms with Crippen LogP contribution in [-0.4, -0.2) is 78.5 Å². The van der Waals surface area contributed by atoms with Crippen molar-refractivity contribution in [2.45, 2.75) is 44.2 Å². The molecule has 0 radical (unpaired) electrons. The average molecular weight is 385 g/mol. The Kier molecular flexibility index (Phi) is 8.92. The zero-order valence-corrected chi connectivity index (χ0v) is 15.2. The number of amides is 1. The monoisotopic (exact) mass is 385 g/mol.